The largest absolute Gasteiger partial charge is 0.388 e. The first kappa shape index (κ1) is 26.1. The van der Waals surface area contributed by atoms with Crippen LogP contribution in [0.15, 0.2) is 0 Å². The summed E-state index contributed by atoms with van der Waals surface area (Å²) in [5.74, 6) is 0. The van der Waals surface area contributed by atoms with Crippen LogP contribution in [0.5, 0.6) is 0 Å². The third-order valence-electron chi connectivity index (χ3n) is 6.46. The van der Waals surface area contributed by atoms with E-state index in [1.54, 1.807) is 0 Å². The fourth-order valence-electron chi connectivity index (χ4n) is 4.48. The number of aliphatic hydroxyl groups is 5. The van der Waals surface area contributed by atoms with Crippen molar-refractivity contribution in [2.75, 3.05) is 6.54 Å². The summed E-state index contributed by atoms with van der Waals surface area (Å²) in [6, 6.07) is -2.56. The molecule has 0 aromatic carbocycles. The summed E-state index contributed by atoms with van der Waals surface area (Å²) in [6.07, 6.45) is -11.5. The zero-order valence-electron chi connectivity index (χ0n) is 17.9. The van der Waals surface area contributed by atoms with E-state index in [9.17, 15) is 25.5 Å². The van der Waals surface area contributed by atoms with Gasteiger partial charge in [-0.2, -0.15) is 0 Å². The topological polar surface area (TPSA) is 268 Å². The summed E-state index contributed by atoms with van der Waals surface area (Å²) >= 11 is 0. The highest BCUT2D eigenvalue weighted by atomic mass is 16.7. The van der Waals surface area contributed by atoms with E-state index in [1.807, 2.05) is 0 Å². The normalized spacial score (nSPS) is 55.0. The van der Waals surface area contributed by atoms with Gasteiger partial charge in [0.15, 0.2) is 12.6 Å². The minimum Gasteiger partial charge on any atom is -0.388 e. The monoisotopic (exact) mass is 467 g/mol. The molecule has 0 aromatic heterocycles. The van der Waals surface area contributed by atoms with E-state index in [2.05, 4.69) is 0 Å². The van der Waals surface area contributed by atoms with E-state index in [1.165, 1.54) is 6.92 Å². The minimum absolute atomic E-state index is 0.0915. The van der Waals surface area contributed by atoms with Gasteiger partial charge in [-0.15, -0.1) is 0 Å². The Hall–Kier alpha value is -0.560. The zero-order valence-corrected chi connectivity index (χ0v) is 17.9. The molecule has 14 atom stereocenters. The highest BCUT2D eigenvalue weighted by molar-refractivity contribution is 5.01. The van der Waals surface area contributed by atoms with E-state index >= 15 is 0 Å². The van der Waals surface area contributed by atoms with Crippen molar-refractivity contribution in [3.63, 3.8) is 0 Å². The molecule has 14 nitrogen and oxygen atoms in total. The number of rotatable bonds is 5. The summed E-state index contributed by atoms with van der Waals surface area (Å²) in [5, 5.41) is 51.3. The highest BCUT2D eigenvalue weighted by Gasteiger charge is 2.51. The fourth-order valence-corrected chi connectivity index (χ4v) is 4.48. The molecule has 2 saturated heterocycles. The van der Waals surface area contributed by atoms with Crippen molar-refractivity contribution in [1.82, 2.24) is 0 Å². The van der Waals surface area contributed by atoms with Gasteiger partial charge in [-0.25, -0.2) is 0 Å². The molecule has 0 radical (unpaired) electrons. The number of aliphatic hydroxyl groups excluding tert-OH is 4. The van der Waals surface area contributed by atoms with Crippen LogP contribution in [0.3, 0.4) is 0 Å². The predicted octanol–water partition coefficient (Wildman–Crippen LogP) is -5.95. The standard InChI is InChI=1S/C18H37N5O9/c1-5-16(27)18(23,28)3-9(29-5)31-14-6(20)2-7(21)15(13(14)26)32-17-10(22)12(25)11(24)8(4-19)30-17/h5-17,24-28H,2-4,19-23H2,1H3/t5-,6-,7+,8-,9-,10-,11-,12-,13-,14+,15-,16-,17-,18-/m1/s1. The lowest BCUT2D eigenvalue weighted by molar-refractivity contribution is -0.315. The summed E-state index contributed by atoms with van der Waals surface area (Å²) in [4.78, 5) is 0. The van der Waals surface area contributed by atoms with Crippen molar-refractivity contribution >= 4 is 0 Å². The number of ether oxygens (including phenoxy) is 4. The van der Waals surface area contributed by atoms with Crippen LogP contribution >= 0.6 is 0 Å². The number of nitrogens with two attached hydrogens (primary N) is 5. The first-order valence-corrected chi connectivity index (χ1v) is 10.7. The van der Waals surface area contributed by atoms with Gasteiger partial charge in [-0.05, 0) is 13.3 Å². The van der Waals surface area contributed by atoms with Crippen LogP contribution < -0.4 is 28.7 Å². The van der Waals surface area contributed by atoms with Crippen molar-refractivity contribution in [2.24, 2.45) is 28.7 Å². The SMILES string of the molecule is C[C@H]1O[C@H](O[C@@H]2[C@@H](O)[C@H](O[C@H]3O[C@H](CN)[C@@H](O)[C@H](O)[C@H]3N)[C@@H](N)C[C@H]2N)C[C@@](N)(O)[C@@H]1O. The third kappa shape index (κ3) is 5.08. The average Bonchev–Trinajstić information content (AvgIpc) is 2.72. The lowest BCUT2D eigenvalue weighted by Gasteiger charge is -2.48. The Morgan fingerprint density at radius 1 is 0.938 bits per heavy atom. The fraction of sp³-hybridized carbons (Fsp3) is 1.00. The van der Waals surface area contributed by atoms with Crippen molar-refractivity contribution in [3.8, 4) is 0 Å². The molecule has 14 heteroatoms. The lowest BCUT2D eigenvalue weighted by atomic mass is 9.84. The molecule has 0 aromatic rings. The molecule has 0 bridgehead atoms. The second kappa shape index (κ2) is 9.97. The zero-order chi connectivity index (χ0) is 24.0. The highest BCUT2D eigenvalue weighted by Crippen LogP contribution is 2.32. The predicted molar refractivity (Wildman–Crippen MR) is 108 cm³/mol. The molecule has 0 amide bonds. The van der Waals surface area contributed by atoms with Crippen LogP contribution in [0.1, 0.15) is 19.8 Å². The van der Waals surface area contributed by atoms with Gasteiger partial charge in [0.1, 0.15) is 48.5 Å². The van der Waals surface area contributed by atoms with Gasteiger partial charge in [0.25, 0.3) is 0 Å². The first-order chi connectivity index (χ1) is 14.9. The van der Waals surface area contributed by atoms with Crippen LogP contribution in [0.4, 0.5) is 0 Å². The third-order valence-corrected chi connectivity index (χ3v) is 6.46. The summed E-state index contributed by atoms with van der Waals surface area (Å²) in [5.41, 5.74) is 27.6. The second-order valence-electron chi connectivity index (χ2n) is 9.00. The molecule has 3 rings (SSSR count). The molecule has 2 heterocycles. The quantitative estimate of drug-likeness (QED) is 0.169. The van der Waals surface area contributed by atoms with Crippen LogP contribution in [0.2, 0.25) is 0 Å². The van der Waals surface area contributed by atoms with Gasteiger partial charge in [-0.1, -0.05) is 0 Å². The van der Waals surface area contributed by atoms with Gasteiger partial charge in [0.05, 0.1) is 12.1 Å². The molecule has 1 aliphatic carbocycles. The van der Waals surface area contributed by atoms with E-state index in [4.69, 9.17) is 47.6 Å². The number of hydrogen-bond acceptors (Lipinski definition) is 14. The van der Waals surface area contributed by atoms with E-state index in [0.29, 0.717) is 0 Å². The maximum Gasteiger partial charge on any atom is 0.176 e. The molecule has 15 N–H and O–H groups in total. The van der Waals surface area contributed by atoms with Gasteiger partial charge in [0.2, 0.25) is 0 Å². The lowest BCUT2D eigenvalue weighted by Crippen LogP contribution is -2.68. The Bertz CT molecular complexity index is 632. The molecular weight excluding hydrogens is 430 g/mol. The van der Waals surface area contributed by atoms with Gasteiger partial charge >= 0.3 is 0 Å². The van der Waals surface area contributed by atoms with Crippen LogP contribution in [-0.2, 0) is 18.9 Å². The molecular formula is C18H37N5O9. The van der Waals surface area contributed by atoms with Gasteiger partial charge in [-0.3, -0.25) is 0 Å². The molecule has 3 fully saturated rings. The average molecular weight is 468 g/mol. The van der Waals surface area contributed by atoms with Crippen LogP contribution in [-0.4, -0.2) is 117 Å². The summed E-state index contributed by atoms with van der Waals surface area (Å²) in [6.45, 7) is 1.43. The molecule has 0 unspecified atom stereocenters. The Balaban J connectivity index is 1.70. The van der Waals surface area contributed by atoms with E-state index in [0.717, 1.165) is 0 Å². The molecule has 188 valence electrons. The van der Waals surface area contributed by atoms with Gasteiger partial charge in [0, 0.05) is 25.0 Å². The van der Waals surface area contributed by atoms with E-state index in [-0.39, 0.29) is 19.4 Å². The molecule has 0 spiro atoms. The van der Waals surface area contributed by atoms with Crippen molar-refractivity contribution in [3.05, 3.63) is 0 Å². The van der Waals surface area contributed by atoms with Crippen LogP contribution in [0, 0.1) is 0 Å². The van der Waals surface area contributed by atoms with Crippen molar-refractivity contribution in [1.29, 1.82) is 0 Å². The van der Waals surface area contributed by atoms with Crippen LogP contribution in [0.25, 0.3) is 0 Å². The molecule has 2 aliphatic heterocycles. The Morgan fingerprint density at radius 2 is 1.53 bits per heavy atom. The molecule has 1 saturated carbocycles. The Labute approximate surface area is 185 Å². The van der Waals surface area contributed by atoms with E-state index < -0.39 is 85.3 Å². The number of hydrogen-bond donors (Lipinski definition) is 10. The van der Waals surface area contributed by atoms with Crippen molar-refractivity contribution in [2.45, 2.75) is 105 Å². The maximum absolute atomic E-state index is 11.0. The second-order valence-corrected chi connectivity index (χ2v) is 9.00. The van der Waals surface area contributed by atoms with Gasteiger partial charge < -0.3 is 73.1 Å². The molecule has 32 heavy (non-hydrogen) atoms. The smallest absolute Gasteiger partial charge is 0.176 e. The summed E-state index contributed by atoms with van der Waals surface area (Å²) < 4.78 is 22.8. The Morgan fingerprint density at radius 3 is 2.09 bits per heavy atom. The Kier molecular flexibility index (Phi) is 8.12. The molecule has 3 aliphatic rings. The summed E-state index contributed by atoms with van der Waals surface area (Å²) in [7, 11) is 0. The first-order valence-electron chi connectivity index (χ1n) is 10.7. The minimum atomic E-state index is -1.95. The van der Waals surface area contributed by atoms with Crippen molar-refractivity contribution < 1.29 is 44.5 Å². The maximum atomic E-state index is 11.0.